The number of fused-ring (bicyclic) bond motifs is 6. The monoisotopic (exact) mass is 690 g/mol. The Kier molecular flexibility index (Phi) is 7.69. The van der Waals surface area contributed by atoms with Crippen molar-refractivity contribution in [1.82, 2.24) is 29.9 Å². The molecule has 10 rings (SSSR count). The van der Waals surface area contributed by atoms with E-state index in [0.717, 1.165) is 67.5 Å². The Hall–Kier alpha value is -7.44. The van der Waals surface area contributed by atoms with Gasteiger partial charge < -0.3 is 0 Å². The molecule has 0 saturated carbocycles. The number of hydrogen-bond acceptors (Lipinski definition) is 6. The van der Waals surface area contributed by atoms with E-state index in [4.69, 9.17) is 9.97 Å². The molecule has 0 N–H and O–H groups in total. The van der Waals surface area contributed by atoms with Crippen LogP contribution in [0.3, 0.4) is 0 Å². The predicted molar refractivity (Wildman–Crippen MR) is 218 cm³/mol. The van der Waals surface area contributed by atoms with Crippen molar-refractivity contribution in [2.75, 3.05) is 0 Å². The highest BCUT2D eigenvalue weighted by atomic mass is 14.8. The summed E-state index contributed by atoms with van der Waals surface area (Å²) in [5.74, 6) is 0. The molecule has 6 nitrogen and oxygen atoms in total. The molecule has 0 aliphatic rings. The largest absolute Gasteiger partial charge is 0.256 e. The second-order valence-electron chi connectivity index (χ2n) is 13.2. The highest BCUT2D eigenvalue weighted by molar-refractivity contribution is 6.26. The summed E-state index contributed by atoms with van der Waals surface area (Å²) in [5.41, 5.74) is 11.3. The second-order valence-corrected chi connectivity index (χ2v) is 13.2. The van der Waals surface area contributed by atoms with Crippen molar-refractivity contribution in [2.24, 2.45) is 0 Å². The smallest absolute Gasteiger partial charge is 0.0886 e. The zero-order valence-electron chi connectivity index (χ0n) is 29.0. The van der Waals surface area contributed by atoms with Crippen molar-refractivity contribution in [3.63, 3.8) is 0 Å². The van der Waals surface area contributed by atoms with Gasteiger partial charge in [0.25, 0.3) is 0 Å². The quantitative estimate of drug-likeness (QED) is 0.162. The highest BCUT2D eigenvalue weighted by Gasteiger charge is 2.13. The number of aromatic nitrogens is 6. The lowest BCUT2D eigenvalue weighted by Crippen LogP contribution is -1.91. The molecular weight excluding hydrogens is 661 g/mol. The summed E-state index contributed by atoms with van der Waals surface area (Å²) in [6, 6.07) is 50.3. The van der Waals surface area contributed by atoms with E-state index < -0.39 is 0 Å². The van der Waals surface area contributed by atoms with Gasteiger partial charge >= 0.3 is 0 Å². The van der Waals surface area contributed by atoms with E-state index in [-0.39, 0.29) is 0 Å². The van der Waals surface area contributed by atoms with Crippen LogP contribution in [0.25, 0.3) is 99.9 Å². The first-order valence-corrected chi connectivity index (χ1v) is 17.8. The SMILES string of the molecule is c1ccc(-c2ccc(-c3ccc(-c4ccc5c6ccccc6c6ccc(-c7ccc(-c8ccc(-c9ccccn9)cn8)nc7)cc6c5c4)cn3)nc2)nc1. The minimum atomic E-state index is 0.821. The van der Waals surface area contributed by atoms with Gasteiger partial charge in [-0.1, -0.05) is 72.8 Å². The molecule has 0 saturated heterocycles. The lowest BCUT2D eigenvalue weighted by Gasteiger charge is -2.14. The molecule has 0 fully saturated rings. The number of hydrogen-bond donors (Lipinski definition) is 0. The van der Waals surface area contributed by atoms with Gasteiger partial charge in [-0.2, -0.15) is 0 Å². The van der Waals surface area contributed by atoms with Crippen molar-refractivity contribution in [1.29, 1.82) is 0 Å². The molecule has 0 unspecified atom stereocenters. The van der Waals surface area contributed by atoms with Crippen LogP contribution in [-0.4, -0.2) is 29.9 Å². The summed E-state index contributed by atoms with van der Waals surface area (Å²) in [7, 11) is 0. The molecule has 0 bridgehead atoms. The van der Waals surface area contributed by atoms with Crippen molar-refractivity contribution < 1.29 is 0 Å². The Morgan fingerprint density at radius 3 is 0.926 bits per heavy atom. The van der Waals surface area contributed by atoms with Crippen LogP contribution in [0.4, 0.5) is 0 Å². The maximum Gasteiger partial charge on any atom is 0.0886 e. The second kappa shape index (κ2) is 13.3. The standard InChI is InChI=1S/C48H30N6/c1-2-8-38-37(7-1)39-17-11-31(33-13-19-45(51-27-33)47-21-15-35(29-53-47)43-9-3-5-23-49-43)25-41(39)42-26-32(12-18-40(38)42)34-14-20-46(52-28-34)48-22-16-36(30-54-48)44-10-4-6-24-50-44/h1-30H. The van der Waals surface area contributed by atoms with Gasteiger partial charge in [-0.15, -0.1) is 0 Å². The van der Waals surface area contributed by atoms with Crippen molar-refractivity contribution >= 4 is 32.3 Å². The number of benzene rings is 4. The van der Waals surface area contributed by atoms with Crippen LogP contribution < -0.4 is 0 Å². The summed E-state index contributed by atoms with van der Waals surface area (Å²) in [5, 5.41) is 7.30. The average molecular weight is 691 g/mol. The van der Waals surface area contributed by atoms with Crippen molar-refractivity contribution in [2.45, 2.75) is 0 Å². The van der Waals surface area contributed by atoms with E-state index in [0.29, 0.717) is 0 Å². The van der Waals surface area contributed by atoms with E-state index in [1.165, 1.54) is 32.3 Å². The maximum atomic E-state index is 4.83. The zero-order chi connectivity index (χ0) is 35.8. The Morgan fingerprint density at radius 2 is 0.574 bits per heavy atom. The number of rotatable bonds is 6. The fourth-order valence-corrected chi connectivity index (χ4v) is 7.21. The topological polar surface area (TPSA) is 77.3 Å². The third-order valence-corrected chi connectivity index (χ3v) is 10.0. The van der Waals surface area contributed by atoms with E-state index in [1.807, 2.05) is 97.6 Å². The molecule has 0 amide bonds. The van der Waals surface area contributed by atoms with Gasteiger partial charge in [-0.05, 0) is 116 Å². The summed E-state index contributed by atoms with van der Waals surface area (Å²) < 4.78 is 0. The van der Waals surface area contributed by atoms with Crippen LogP contribution in [0, 0.1) is 0 Å². The van der Waals surface area contributed by atoms with Crippen molar-refractivity contribution in [3.05, 3.63) is 183 Å². The minimum absolute atomic E-state index is 0.821. The maximum absolute atomic E-state index is 4.83. The lowest BCUT2D eigenvalue weighted by atomic mass is 9.90. The fourth-order valence-electron chi connectivity index (χ4n) is 7.21. The molecule has 0 atom stereocenters. The lowest BCUT2D eigenvalue weighted by molar-refractivity contribution is 1.24. The van der Waals surface area contributed by atoms with Gasteiger partial charge in [0.05, 0.1) is 34.2 Å². The Morgan fingerprint density at radius 1 is 0.222 bits per heavy atom. The molecule has 0 aliphatic heterocycles. The molecule has 6 aromatic heterocycles. The Bertz CT molecular complexity index is 2720. The molecule has 0 radical (unpaired) electrons. The molecule has 4 aromatic carbocycles. The normalized spacial score (nSPS) is 11.3. The van der Waals surface area contributed by atoms with Gasteiger partial charge in [0.15, 0.2) is 0 Å². The van der Waals surface area contributed by atoms with E-state index >= 15 is 0 Å². The average Bonchev–Trinajstić information content (AvgIpc) is 3.27. The molecule has 6 heterocycles. The number of pyridine rings is 6. The first-order valence-electron chi connectivity index (χ1n) is 17.8. The Balaban J connectivity index is 0.990. The van der Waals surface area contributed by atoms with E-state index in [1.54, 1.807) is 12.4 Å². The van der Waals surface area contributed by atoms with Gasteiger partial charge in [-0.25, -0.2) is 0 Å². The molecule has 252 valence electrons. The highest BCUT2D eigenvalue weighted by Crippen LogP contribution is 2.39. The van der Waals surface area contributed by atoms with Crippen LogP contribution in [-0.2, 0) is 0 Å². The minimum Gasteiger partial charge on any atom is -0.256 e. The summed E-state index contributed by atoms with van der Waals surface area (Å²) in [6.07, 6.45) is 11.2. The molecule has 10 aromatic rings. The molecule has 0 aliphatic carbocycles. The van der Waals surface area contributed by atoms with Gasteiger partial charge in [0.1, 0.15) is 0 Å². The van der Waals surface area contributed by atoms with E-state index in [9.17, 15) is 0 Å². The van der Waals surface area contributed by atoms with Gasteiger partial charge in [0, 0.05) is 59.4 Å². The predicted octanol–water partition coefficient (Wildman–Crippen LogP) is 11.5. The summed E-state index contributed by atoms with van der Waals surface area (Å²) in [6.45, 7) is 0. The zero-order valence-corrected chi connectivity index (χ0v) is 29.0. The molecule has 0 spiro atoms. The third-order valence-electron chi connectivity index (χ3n) is 10.0. The van der Waals surface area contributed by atoms with Gasteiger partial charge in [-0.3, -0.25) is 29.9 Å². The third kappa shape index (κ3) is 5.72. The summed E-state index contributed by atoms with van der Waals surface area (Å²) in [4.78, 5) is 27.9. The van der Waals surface area contributed by atoms with Crippen LogP contribution >= 0.6 is 0 Å². The van der Waals surface area contributed by atoms with Crippen molar-refractivity contribution in [3.8, 4) is 67.5 Å². The number of nitrogens with zero attached hydrogens (tertiary/aromatic N) is 6. The van der Waals surface area contributed by atoms with Crippen LogP contribution in [0.1, 0.15) is 0 Å². The molecule has 6 heteroatoms. The first kappa shape index (κ1) is 31.3. The molecular formula is C48H30N6. The van der Waals surface area contributed by atoms with E-state index in [2.05, 4.69) is 92.7 Å². The van der Waals surface area contributed by atoms with Crippen LogP contribution in [0.2, 0.25) is 0 Å². The molecule has 54 heavy (non-hydrogen) atoms. The van der Waals surface area contributed by atoms with Crippen LogP contribution in [0.15, 0.2) is 183 Å². The van der Waals surface area contributed by atoms with Crippen LogP contribution in [0.5, 0.6) is 0 Å². The summed E-state index contributed by atoms with van der Waals surface area (Å²) >= 11 is 0. The first-order chi connectivity index (χ1) is 26.7. The van der Waals surface area contributed by atoms with Gasteiger partial charge in [0.2, 0.25) is 0 Å². The Labute approximate surface area is 311 Å². The fraction of sp³-hybridized carbons (Fsp3) is 0.